The lowest BCUT2D eigenvalue weighted by molar-refractivity contribution is 0.0955. The van der Waals surface area contributed by atoms with Crippen molar-refractivity contribution in [1.82, 2.24) is 10.4 Å². The molecule has 40 heavy (non-hydrogen) atoms. The van der Waals surface area contributed by atoms with E-state index in [0.29, 0.717) is 22.9 Å². The van der Waals surface area contributed by atoms with Gasteiger partial charge in [0.15, 0.2) is 5.13 Å². The van der Waals surface area contributed by atoms with E-state index in [1.807, 2.05) is 72.1 Å². The van der Waals surface area contributed by atoms with Gasteiger partial charge in [-0.1, -0.05) is 59.6 Å². The van der Waals surface area contributed by atoms with Crippen LogP contribution in [0, 0.1) is 6.92 Å². The Kier molecular flexibility index (Phi) is 8.91. The molecule has 1 aromatic heterocycles. The summed E-state index contributed by atoms with van der Waals surface area (Å²) in [5.74, 6) is 0.376. The van der Waals surface area contributed by atoms with Crippen LogP contribution in [0.1, 0.15) is 27.0 Å². The quantitative estimate of drug-likeness (QED) is 0.126. The van der Waals surface area contributed by atoms with E-state index in [-0.39, 0.29) is 5.91 Å². The topological polar surface area (TPSA) is 75.6 Å². The zero-order chi connectivity index (χ0) is 27.9. The molecule has 0 saturated carbocycles. The van der Waals surface area contributed by atoms with Crippen LogP contribution in [0.3, 0.4) is 0 Å². The molecule has 5 rings (SSSR count). The van der Waals surface area contributed by atoms with Gasteiger partial charge >= 0.3 is 0 Å². The molecule has 200 valence electrons. The molecule has 6 nitrogen and oxygen atoms in total. The number of nitrogens with one attached hydrogen (secondary N) is 2. The van der Waals surface area contributed by atoms with Crippen molar-refractivity contribution in [3.63, 3.8) is 0 Å². The number of anilines is 2. The second kappa shape index (κ2) is 12.9. The summed E-state index contributed by atoms with van der Waals surface area (Å²) < 4.78 is 6.65. The number of aryl methyl sites for hydroxylation is 1. The molecule has 0 unspecified atom stereocenters. The third-order valence-corrected chi connectivity index (χ3v) is 7.67. The van der Waals surface area contributed by atoms with Crippen molar-refractivity contribution in [2.24, 2.45) is 5.10 Å². The maximum atomic E-state index is 12.6. The van der Waals surface area contributed by atoms with E-state index in [0.717, 1.165) is 37.7 Å². The standard InChI is InChI=1S/C31H24BrClN4O2S/c1-20-6-13-25(14-7-20)35-31-36-28(19-40-31)22-9-11-23(12-10-22)30(38)37-34-17-21-8-15-29(26(32)16-21)39-18-24-4-2-3-5-27(24)33/h2-17,19H,18H2,1H3,(H,35,36)(H,37,38)/b34-17-. The van der Waals surface area contributed by atoms with Crippen molar-refractivity contribution in [3.05, 3.63) is 128 Å². The number of hydrogen-bond donors (Lipinski definition) is 2. The average molecular weight is 632 g/mol. The van der Waals surface area contributed by atoms with Gasteiger partial charge < -0.3 is 10.1 Å². The van der Waals surface area contributed by atoms with Gasteiger partial charge in [-0.15, -0.1) is 11.3 Å². The smallest absolute Gasteiger partial charge is 0.271 e. The Labute approximate surface area is 249 Å². The van der Waals surface area contributed by atoms with Crippen LogP contribution in [-0.2, 0) is 6.61 Å². The molecule has 0 spiro atoms. The zero-order valence-electron chi connectivity index (χ0n) is 21.4. The summed E-state index contributed by atoms with van der Waals surface area (Å²) in [7, 11) is 0. The third-order valence-electron chi connectivity index (χ3n) is 5.93. The first-order valence-electron chi connectivity index (χ1n) is 12.3. The van der Waals surface area contributed by atoms with Crippen molar-refractivity contribution >= 4 is 61.8 Å². The number of ether oxygens (including phenoxy) is 1. The molecule has 9 heteroatoms. The predicted molar refractivity (Wildman–Crippen MR) is 167 cm³/mol. The number of carbonyl (C=O) groups excluding carboxylic acids is 1. The Morgan fingerprint density at radius 2 is 1.82 bits per heavy atom. The minimum Gasteiger partial charge on any atom is -0.488 e. The fourth-order valence-electron chi connectivity index (χ4n) is 3.73. The normalized spacial score (nSPS) is 11.0. The third kappa shape index (κ3) is 7.15. The fourth-order valence-corrected chi connectivity index (χ4v) is 5.17. The van der Waals surface area contributed by atoms with Crippen LogP contribution in [0.15, 0.2) is 106 Å². The second-order valence-electron chi connectivity index (χ2n) is 8.88. The molecule has 4 aromatic carbocycles. The molecule has 0 fully saturated rings. The summed E-state index contributed by atoms with van der Waals surface area (Å²) >= 11 is 11.3. The largest absolute Gasteiger partial charge is 0.488 e. The first kappa shape index (κ1) is 27.6. The van der Waals surface area contributed by atoms with E-state index in [2.05, 4.69) is 55.8 Å². The summed E-state index contributed by atoms with van der Waals surface area (Å²) in [5, 5.41) is 10.9. The van der Waals surface area contributed by atoms with Crippen molar-refractivity contribution in [3.8, 4) is 17.0 Å². The highest BCUT2D eigenvalue weighted by molar-refractivity contribution is 9.10. The van der Waals surface area contributed by atoms with Gasteiger partial charge in [-0.25, -0.2) is 10.4 Å². The number of rotatable bonds is 9. The van der Waals surface area contributed by atoms with E-state index in [1.165, 1.54) is 16.9 Å². The highest BCUT2D eigenvalue weighted by atomic mass is 79.9. The van der Waals surface area contributed by atoms with E-state index in [1.54, 1.807) is 18.3 Å². The van der Waals surface area contributed by atoms with Crippen molar-refractivity contribution < 1.29 is 9.53 Å². The molecule has 0 aliphatic carbocycles. The number of aromatic nitrogens is 1. The van der Waals surface area contributed by atoms with Gasteiger partial charge in [0.05, 0.1) is 16.4 Å². The van der Waals surface area contributed by atoms with Gasteiger partial charge in [0.2, 0.25) is 0 Å². The average Bonchev–Trinajstić information content (AvgIpc) is 3.43. The molecule has 0 saturated heterocycles. The van der Waals surface area contributed by atoms with Crippen molar-refractivity contribution in [2.45, 2.75) is 13.5 Å². The number of hydrazone groups is 1. The maximum Gasteiger partial charge on any atom is 0.271 e. The molecular weight excluding hydrogens is 608 g/mol. The molecule has 2 N–H and O–H groups in total. The minimum atomic E-state index is -0.304. The lowest BCUT2D eigenvalue weighted by Gasteiger charge is -2.10. The maximum absolute atomic E-state index is 12.6. The van der Waals surface area contributed by atoms with E-state index < -0.39 is 0 Å². The summed E-state index contributed by atoms with van der Waals surface area (Å²) in [6.07, 6.45) is 1.58. The van der Waals surface area contributed by atoms with Crippen LogP contribution in [0.5, 0.6) is 5.75 Å². The molecular formula is C31H24BrClN4O2S. The van der Waals surface area contributed by atoms with Crippen LogP contribution in [-0.4, -0.2) is 17.1 Å². The number of carbonyl (C=O) groups is 1. The van der Waals surface area contributed by atoms with E-state index >= 15 is 0 Å². The van der Waals surface area contributed by atoms with Crippen LogP contribution < -0.4 is 15.5 Å². The predicted octanol–water partition coefficient (Wildman–Crippen LogP) is 8.62. The number of amides is 1. The lowest BCUT2D eigenvalue weighted by Crippen LogP contribution is -2.17. The van der Waals surface area contributed by atoms with E-state index in [9.17, 15) is 4.79 Å². The number of thiazole rings is 1. The summed E-state index contributed by atoms with van der Waals surface area (Å²) in [4.78, 5) is 17.3. The lowest BCUT2D eigenvalue weighted by atomic mass is 10.1. The minimum absolute atomic E-state index is 0.304. The Balaban J connectivity index is 1.14. The Morgan fingerprint density at radius 3 is 2.58 bits per heavy atom. The summed E-state index contributed by atoms with van der Waals surface area (Å²) in [6, 6.07) is 28.5. The van der Waals surface area contributed by atoms with Crippen LogP contribution in [0.2, 0.25) is 5.02 Å². The Morgan fingerprint density at radius 1 is 1.05 bits per heavy atom. The molecule has 5 aromatic rings. The summed E-state index contributed by atoms with van der Waals surface area (Å²) in [6.45, 7) is 2.41. The number of benzene rings is 4. The van der Waals surface area contributed by atoms with Gasteiger partial charge in [0.25, 0.3) is 5.91 Å². The highest BCUT2D eigenvalue weighted by Crippen LogP contribution is 2.29. The van der Waals surface area contributed by atoms with Gasteiger partial charge in [-0.2, -0.15) is 5.10 Å². The monoisotopic (exact) mass is 630 g/mol. The first-order chi connectivity index (χ1) is 19.4. The molecule has 0 radical (unpaired) electrons. The molecule has 0 bridgehead atoms. The first-order valence-corrected chi connectivity index (χ1v) is 14.4. The van der Waals surface area contributed by atoms with Gasteiger partial charge in [0, 0.05) is 32.8 Å². The van der Waals surface area contributed by atoms with Crippen LogP contribution in [0.4, 0.5) is 10.8 Å². The Hall–Kier alpha value is -3.98. The summed E-state index contributed by atoms with van der Waals surface area (Å²) in [5.41, 5.74) is 8.74. The number of hydrogen-bond acceptors (Lipinski definition) is 6. The van der Waals surface area contributed by atoms with Crippen LogP contribution >= 0.6 is 38.9 Å². The fraction of sp³-hybridized carbons (Fsp3) is 0.0645. The van der Waals surface area contributed by atoms with Gasteiger partial charge in [0.1, 0.15) is 12.4 Å². The Bertz CT molecular complexity index is 1650. The number of nitrogens with zero attached hydrogens (tertiary/aromatic N) is 2. The van der Waals surface area contributed by atoms with Gasteiger partial charge in [-0.05, 0) is 76.9 Å². The van der Waals surface area contributed by atoms with Crippen LogP contribution in [0.25, 0.3) is 11.3 Å². The van der Waals surface area contributed by atoms with Crippen molar-refractivity contribution in [1.29, 1.82) is 0 Å². The molecule has 0 aliphatic heterocycles. The SMILES string of the molecule is Cc1ccc(Nc2nc(-c3ccc(C(=O)N/N=C\c4ccc(OCc5ccccc5Cl)c(Br)c4)cc3)cs2)cc1. The van der Waals surface area contributed by atoms with Crippen molar-refractivity contribution in [2.75, 3.05) is 5.32 Å². The highest BCUT2D eigenvalue weighted by Gasteiger charge is 2.09. The number of halogens is 2. The zero-order valence-corrected chi connectivity index (χ0v) is 24.6. The molecule has 0 atom stereocenters. The van der Waals surface area contributed by atoms with E-state index in [4.69, 9.17) is 16.3 Å². The second-order valence-corrected chi connectivity index (χ2v) is 11.0. The van der Waals surface area contributed by atoms with Gasteiger partial charge in [-0.3, -0.25) is 4.79 Å². The molecule has 1 heterocycles. The molecule has 1 amide bonds. The molecule has 0 aliphatic rings.